The summed E-state index contributed by atoms with van der Waals surface area (Å²) in [7, 11) is 0. The van der Waals surface area contributed by atoms with Gasteiger partial charge < -0.3 is 0 Å². The number of hydrogen-bond donors (Lipinski definition) is 0. The van der Waals surface area contributed by atoms with Gasteiger partial charge in [-0.25, -0.2) is 13.2 Å². The number of alkyl halides is 2. The maximum absolute atomic E-state index is 13.6. The van der Waals surface area contributed by atoms with E-state index in [-0.39, 0.29) is 0 Å². The molecule has 1 aromatic carbocycles. The Morgan fingerprint density at radius 3 is 2.40 bits per heavy atom. The second kappa shape index (κ2) is 7.14. The van der Waals surface area contributed by atoms with E-state index in [4.69, 9.17) is 0 Å². The van der Waals surface area contributed by atoms with Crippen LogP contribution in [0.15, 0.2) is 18.2 Å². The van der Waals surface area contributed by atoms with Gasteiger partial charge in [-0.3, -0.25) is 0 Å². The van der Waals surface area contributed by atoms with Gasteiger partial charge in [-0.05, 0) is 49.1 Å². The van der Waals surface area contributed by atoms with Gasteiger partial charge in [0.05, 0.1) is 5.56 Å². The molecule has 1 saturated carbocycles. The molecule has 0 nitrogen and oxygen atoms in total. The van der Waals surface area contributed by atoms with Crippen LogP contribution in [0.3, 0.4) is 0 Å². The lowest BCUT2D eigenvalue weighted by atomic mass is 9.77. The van der Waals surface area contributed by atoms with Crippen LogP contribution < -0.4 is 0 Å². The van der Waals surface area contributed by atoms with Crippen molar-refractivity contribution < 1.29 is 13.2 Å². The van der Waals surface area contributed by atoms with E-state index >= 15 is 0 Å². The summed E-state index contributed by atoms with van der Waals surface area (Å²) in [6.45, 7) is 2.21. The van der Waals surface area contributed by atoms with E-state index < -0.39 is 17.8 Å². The molecule has 2 rings (SSSR count). The number of benzene rings is 1. The highest BCUT2D eigenvalue weighted by Gasteiger charge is 2.23. The van der Waals surface area contributed by atoms with Crippen LogP contribution >= 0.6 is 0 Å². The molecule has 3 heteroatoms. The molecule has 0 heterocycles. The lowest BCUT2D eigenvalue weighted by Gasteiger charge is -2.29. The Morgan fingerprint density at radius 2 is 1.85 bits per heavy atom. The van der Waals surface area contributed by atoms with Gasteiger partial charge in [0.25, 0.3) is 6.43 Å². The molecule has 0 radical (unpaired) electrons. The first-order valence-electron chi connectivity index (χ1n) is 7.69. The first kappa shape index (κ1) is 15.4. The van der Waals surface area contributed by atoms with Crippen molar-refractivity contribution in [2.45, 2.75) is 64.2 Å². The van der Waals surface area contributed by atoms with Gasteiger partial charge >= 0.3 is 0 Å². The molecule has 0 aromatic heterocycles. The Kier molecular flexibility index (Phi) is 5.50. The Morgan fingerprint density at radius 1 is 1.15 bits per heavy atom. The molecule has 0 unspecified atom stereocenters. The van der Waals surface area contributed by atoms with Crippen molar-refractivity contribution in [1.29, 1.82) is 0 Å². The molecule has 0 N–H and O–H groups in total. The van der Waals surface area contributed by atoms with E-state index in [1.54, 1.807) is 6.07 Å². The Balaban J connectivity index is 1.95. The molecule has 0 atom stereocenters. The van der Waals surface area contributed by atoms with E-state index in [1.807, 2.05) is 0 Å². The normalized spacial score (nSPS) is 23.2. The molecule has 1 aromatic rings. The van der Waals surface area contributed by atoms with E-state index in [0.717, 1.165) is 24.3 Å². The first-order chi connectivity index (χ1) is 9.61. The molecule has 20 heavy (non-hydrogen) atoms. The maximum Gasteiger partial charge on any atom is 0.266 e. The van der Waals surface area contributed by atoms with Crippen LogP contribution in [0.1, 0.15) is 75.3 Å². The van der Waals surface area contributed by atoms with Crippen LogP contribution in [0, 0.1) is 11.7 Å². The lowest BCUT2D eigenvalue weighted by Crippen LogP contribution is -2.13. The third kappa shape index (κ3) is 3.77. The molecule has 0 amide bonds. The minimum absolute atomic E-state index is 0.342. The van der Waals surface area contributed by atoms with Gasteiger partial charge in [0.1, 0.15) is 5.82 Å². The highest BCUT2D eigenvalue weighted by atomic mass is 19.3. The van der Waals surface area contributed by atoms with E-state index in [0.29, 0.717) is 5.92 Å². The van der Waals surface area contributed by atoms with Crippen LogP contribution in [-0.2, 0) is 0 Å². The van der Waals surface area contributed by atoms with Gasteiger partial charge in [0, 0.05) is 0 Å². The lowest BCUT2D eigenvalue weighted by molar-refractivity contribution is 0.146. The summed E-state index contributed by atoms with van der Waals surface area (Å²) >= 11 is 0. The average molecular weight is 284 g/mol. The standard InChI is InChI=1S/C17H23F3/c1-2-3-4-12-5-7-13(8-6-12)14-9-10-15(17(19)20)16(18)11-14/h9-13,17H,2-8H2,1H3. The quantitative estimate of drug-likeness (QED) is 0.601. The molecule has 0 spiro atoms. The van der Waals surface area contributed by atoms with Crippen molar-refractivity contribution in [2.24, 2.45) is 5.92 Å². The summed E-state index contributed by atoms with van der Waals surface area (Å²) < 4.78 is 38.7. The first-order valence-corrected chi connectivity index (χ1v) is 7.69. The number of rotatable bonds is 5. The van der Waals surface area contributed by atoms with Crippen LogP contribution in [0.5, 0.6) is 0 Å². The molecular formula is C17H23F3. The zero-order chi connectivity index (χ0) is 14.5. The van der Waals surface area contributed by atoms with Crippen molar-refractivity contribution >= 4 is 0 Å². The zero-order valence-electron chi connectivity index (χ0n) is 12.0. The highest BCUT2D eigenvalue weighted by Crippen LogP contribution is 2.38. The Hall–Kier alpha value is -0.990. The van der Waals surface area contributed by atoms with Crippen molar-refractivity contribution in [3.05, 3.63) is 35.1 Å². The molecule has 0 aliphatic heterocycles. The number of hydrogen-bond acceptors (Lipinski definition) is 0. The predicted octanol–water partition coefficient (Wildman–Crippen LogP) is 6.23. The van der Waals surface area contributed by atoms with Crippen molar-refractivity contribution in [3.8, 4) is 0 Å². The zero-order valence-corrected chi connectivity index (χ0v) is 12.0. The van der Waals surface area contributed by atoms with E-state index in [9.17, 15) is 13.2 Å². The van der Waals surface area contributed by atoms with Gasteiger partial charge in [-0.2, -0.15) is 0 Å². The summed E-state index contributed by atoms with van der Waals surface area (Å²) in [5.41, 5.74) is 0.409. The maximum atomic E-state index is 13.6. The van der Waals surface area contributed by atoms with Crippen LogP contribution in [0.2, 0.25) is 0 Å². The van der Waals surface area contributed by atoms with E-state index in [2.05, 4.69) is 6.92 Å². The summed E-state index contributed by atoms with van der Waals surface area (Å²) in [5.74, 6) is 0.385. The summed E-state index contributed by atoms with van der Waals surface area (Å²) in [6.07, 6.45) is 5.57. The van der Waals surface area contributed by atoms with Crippen LogP contribution in [0.4, 0.5) is 13.2 Å². The third-order valence-corrected chi connectivity index (χ3v) is 4.54. The van der Waals surface area contributed by atoms with Gasteiger partial charge in [0.15, 0.2) is 0 Å². The summed E-state index contributed by atoms with van der Waals surface area (Å²) in [5, 5.41) is 0. The summed E-state index contributed by atoms with van der Waals surface area (Å²) in [6, 6.07) is 4.25. The average Bonchev–Trinajstić information content (AvgIpc) is 2.45. The van der Waals surface area contributed by atoms with Gasteiger partial charge in [-0.1, -0.05) is 38.3 Å². The molecule has 0 saturated heterocycles. The number of unbranched alkanes of at least 4 members (excludes halogenated alkanes) is 1. The topological polar surface area (TPSA) is 0 Å². The minimum Gasteiger partial charge on any atom is -0.206 e. The predicted molar refractivity (Wildman–Crippen MR) is 75.6 cm³/mol. The van der Waals surface area contributed by atoms with Crippen molar-refractivity contribution in [1.82, 2.24) is 0 Å². The monoisotopic (exact) mass is 284 g/mol. The second-order valence-corrected chi connectivity index (χ2v) is 5.94. The van der Waals surface area contributed by atoms with Crippen LogP contribution in [-0.4, -0.2) is 0 Å². The smallest absolute Gasteiger partial charge is 0.206 e. The van der Waals surface area contributed by atoms with Crippen LogP contribution in [0.25, 0.3) is 0 Å². The largest absolute Gasteiger partial charge is 0.266 e. The molecule has 0 bridgehead atoms. The second-order valence-electron chi connectivity index (χ2n) is 5.94. The number of halogens is 3. The van der Waals surface area contributed by atoms with E-state index in [1.165, 1.54) is 44.2 Å². The minimum atomic E-state index is -2.73. The molecule has 1 aliphatic carbocycles. The molecule has 1 aliphatic rings. The molecule has 112 valence electrons. The molecule has 1 fully saturated rings. The summed E-state index contributed by atoms with van der Waals surface area (Å²) in [4.78, 5) is 0. The fourth-order valence-corrected chi connectivity index (χ4v) is 3.25. The van der Waals surface area contributed by atoms with Crippen molar-refractivity contribution in [2.75, 3.05) is 0 Å². The molecular weight excluding hydrogens is 261 g/mol. The third-order valence-electron chi connectivity index (χ3n) is 4.54. The van der Waals surface area contributed by atoms with Crippen molar-refractivity contribution in [3.63, 3.8) is 0 Å². The van der Waals surface area contributed by atoms with Gasteiger partial charge in [0.2, 0.25) is 0 Å². The fraction of sp³-hybridized carbons (Fsp3) is 0.647. The Labute approximate surface area is 119 Å². The Bertz CT molecular complexity index is 420. The highest BCUT2D eigenvalue weighted by molar-refractivity contribution is 5.28. The fourth-order valence-electron chi connectivity index (χ4n) is 3.25. The SMILES string of the molecule is CCCCC1CCC(c2ccc(C(F)F)c(F)c2)CC1. The van der Waals surface area contributed by atoms with Gasteiger partial charge in [-0.15, -0.1) is 0 Å².